The molecule has 25 heavy (non-hydrogen) atoms. The van der Waals surface area contributed by atoms with Crippen molar-refractivity contribution in [3.8, 4) is 11.1 Å². The summed E-state index contributed by atoms with van der Waals surface area (Å²) in [4.78, 5) is 17.7. The van der Waals surface area contributed by atoms with Crippen LogP contribution in [0.25, 0.3) is 11.1 Å². The molecule has 1 aromatic heterocycles. The first-order chi connectivity index (χ1) is 12.1. The van der Waals surface area contributed by atoms with Gasteiger partial charge in [-0.15, -0.1) is 11.3 Å². The maximum atomic E-state index is 12.5. The van der Waals surface area contributed by atoms with E-state index in [1.807, 2.05) is 38.4 Å². The van der Waals surface area contributed by atoms with E-state index in [1.165, 1.54) is 0 Å². The first-order valence-corrected chi connectivity index (χ1v) is 9.41. The van der Waals surface area contributed by atoms with Crippen molar-refractivity contribution in [1.82, 2.24) is 10.2 Å². The van der Waals surface area contributed by atoms with E-state index in [2.05, 4.69) is 27.2 Å². The zero-order valence-corrected chi connectivity index (χ0v) is 15.6. The number of anilines is 1. The molecule has 0 aliphatic carbocycles. The van der Waals surface area contributed by atoms with Crippen molar-refractivity contribution < 1.29 is 9.53 Å². The van der Waals surface area contributed by atoms with Crippen molar-refractivity contribution in [1.29, 1.82) is 0 Å². The second kappa shape index (κ2) is 8.47. The molecule has 3 rings (SSSR count). The Kier molecular flexibility index (Phi) is 6.07. The van der Waals surface area contributed by atoms with Gasteiger partial charge in [-0.2, -0.15) is 0 Å². The van der Waals surface area contributed by atoms with Gasteiger partial charge in [-0.1, -0.05) is 30.3 Å². The van der Waals surface area contributed by atoms with Crippen molar-refractivity contribution in [3.63, 3.8) is 0 Å². The molecule has 0 unspecified atom stereocenters. The van der Waals surface area contributed by atoms with Gasteiger partial charge in [0.05, 0.1) is 23.1 Å². The molecule has 5 nitrogen and oxygen atoms in total. The lowest BCUT2D eigenvalue weighted by Gasteiger charge is -2.28. The molecule has 1 aliphatic rings. The normalized spacial score (nSPS) is 14.8. The molecule has 0 atom stereocenters. The number of carbonyl (C=O) groups excluding carboxylic acids is 1. The van der Waals surface area contributed by atoms with Gasteiger partial charge >= 0.3 is 0 Å². The lowest BCUT2D eigenvalue weighted by Crippen LogP contribution is -2.35. The summed E-state index contributed by atoms with van der Waals surface area (Å²) in [6, 6.07) is 12.3. The SMILES string of the molecule is CN(C)CCNC(=O)c1cc(-c2ccccc2)c(N2CCOCC2)s1. The number of nitrogens with one attached hydrogen (secondary N) is 1. The molecule has 1 saturated heterocycles. The van der Waals surface area contributed by atoms with E-state index in [0.717, 1.165) is 53.9 Å². The Labute approximate surface area is 153 Å². The first-order valence-electron chi connectivity index (χ1n) is 8.60. The average Bonchev–Trinajstić information content (AvgIpc) is 3.08. The monoisotopic (exact) mass is 359 g/mol. The van der Waals surface area contributed by atoms with Gasteiger partial charge in [0.15, 0.2) is 0 Å². The highest BCUT2D eigenvalue weighted by molar-refractivity contribution is 7.18. The van der Waals surface area contributed by atoms with Gasteiger partial charge in [0, 0.05) is 31.7 Å². The van der Waals surface area contributed by atoms with Gasteiger partial charge in [-0.25, -0.2) is 0 Å². The average molecular weight is 359 g/mol. The Bertz CT molecular complexity index is 694. The Morgan fingerprint density at radius 1 is 1.24 bits per heavy atom. The van der Waals surface area contributed by atoms with Crippen molar-refractivity contribution in [2.24, 2.45) is 0 Å². The molecule has 1 aromatic carbocycles. The van der Waals surface area contributed by atoms with Crippen LogP contribution in [0.4, 0.5) is 5.00 Å². The zero-order chi connectivity index (χ0) is 17.6. The highest BCUT2D eigenvalue weighted by Crippen LogP contribution is 2.39. The summed E-state index contributed by atoms with van der Waals surface area (Å²) in [6.07, 6.45) is 0. The maximum Gasteiger partial charge on any atom is 0.261 e. The second-order valence-electron chi connectivity index (χ2n) is 6.35. The molecule has 134 valence electrons. The Morgan fingerprint density at radius 2 is 1.96 bits per heavy atom. The molecule has 0 radical (unpaired) electrons. The molecule has 2 aromatic rings. The molecular formula is C19H25N3O2S. The number of amides is 1. The molecular weight excluding hydrogens is 334 g/mol. The number of rotatable bonds is 6. The van der Waals surface area contributed by atoms with Gasteiger partial charge in [0.25, 0.3) is 5.91 Å². The fourth-order valence-corrected chi connectivity index (χ4v) is 3.95. The number of hydrogen-bond acceptors (Lipinski definition) is 5. The number of likely N-dealkylation sites (N-methyl/N-ethyl adjacent to an activating group) is 1. The van der Waals surface area contributed by atoms with E-state index in [1.54, 1.807) is 11.3 Å². The predicted octanol–water partition coefficient (Wildman–Crippen LogP) is 2.54. The topological polar surface area (TPSA) is 44.8 Å². The van der Waals surface area contributed by atoms with Gasteiger partial charge in [-0.3, -0.25) is 4.79 Å². The molecule has 0 spiro atoms. The minimum Gasteiger partial charge on any atom is -0.378 e. The molecule has 0 saturated carbocycles. The molecule has 6 heteroatoms. The van der Waals surface area contributed by atoms with E-state index in [4.69, 9.17) is 4.74 Å². The van der Waals surface area contributed by atoms with Gasteiger partial charge in [-0.05, 0) is 25.7 Å². The molecule has 1 N–H and O–H groups in total. The van der Waals surface area contributed by atoms with Crippen LogP contribution < -0.4 is 10.2 Å². The summed E-state index contributed by atoms with van der Waals surface area (Å²) >= 11 is 1.57. The summed E-state index contributed by atoms with van der Waals surface area (Å²) in [6.45, 7) is 4.67. The number of benzene rings is 1. The number of carbonyl (C=O) groups is 1. The highest BCUT2D eigenvalue weighted by Gasteiger charge is 2.21. The number of hydrogen-bond donors (Lipinski definition) is 1. The third kappa shape index (κ3) is 4.60. The van der Waals surface area contributed by atoms with E-state index < -0.39 is 0 Å². The maximum absolute atomic E-state index is 12.5. The molecule has 1 aliphatic heterocycles. The van der Waals surface area contributed by atoms with E-state index in [-0.39, 0.29) is 5.91 Å². The Morgan fingerprint density at radius 3 is 2.64 bits per heavy atom. The van der Waals surface area contributed by atoms with Crippen molar-refractivity contribution in [2.75, 3.05) is 58.4 Å². The first kappa shape index (κ1) is 17.9. The molecule has 2 heterocycles. The van der Waals surface area contributed by atoms with Gasteiger partial charge in [0.1, 0.15) is 0 Å². The fraction of sp³-hybridized carbons (Fsp3) is 0.421. The van der Waals surface area contributed by atoms with E-state index in [0.29, 0.717) is 6.54 Å². The summed E-state index contributed by atoms with van der Waals surface area (Å²) in [7, 11) is 4.00. The Hall–Kier alpha value is -1.89. The highest BCUT2D eigenvalue weighted by atomic mass is 32.1. The number of ether oxygens (including phenoxy) is 1. The largest absolute Gasteiger partial charge is 0.378 e. The summed E-state index contributed by atoms with van der Waals surface area (Å²) in [5, 5.41) is 4.17. The smallest absolute Gasteiger partial charge is 0.261 e. The van der Waals surface area contributed by atoms with Crippen LogP contribution in [0.3, 0.4) is 0 Å². The third-order valence-corrected chi connectivity index (χ3v) is 5.36. The van der Waals surface area contributed by atoms with Crippen LogP contribution in [0.5, 0.6) is 0 Å². The molecule has 1 amide bonds. The zero-order valence-electron chi connectivity index (χ0n) is 14.8. The lowest BCUT2D eigenvalue weighted by molar-refractivity contribution is 0.0955. The van der Waals surface area contributed by atoms with Crippen LogP contribution in [0, 0.1) is 0 Å². The number of nitrogens with zero attached hydrogens (tertiary/aromatic N) is 2. The van der Waals surface area contributed by atoms with Crippen LogP contribution in [0.15, 0.2) is 36.4 Å². The molecule has 1 fully saturated rings. The van der Waals surface area contributed by atoms with E-state index in [9.17, 15) is 4.79 Å². The number of morpholine rings is 1. The molecule has 0 bridgehead atoms. The van der Waals surface area contributed by atoms with Gasteiger partial charge < -0.3 is 19.9 Å². The van der Waals surface area contributed by atoms with Gasteiger partial charge in [0.2, 0.25) is 0 Å². The third-order valence-electron chi connectivity index (χ3n) is 4.16. The second-order valence-corrected chi connectivity index (χ2v) is 7.38. The standard InChI is InChI=1S/C19H25N3O2S/c1-21(2)9-8-20-18(23)17-14-16(15-6-4-3-5-7-15)19(25-17)22-10-12-24-13-11-22/h3-7,14H,8-13H2,1-2H3,(H,20,23). The quantitative estimate of drug-likeness (QED) is 0.861. The minimum absolute atomic E-state index is 0.00328. The van der Waals surface area contributed by atoms with Crippen LogP contribution in [-0.4, -0.2) is 64.3 Å². The fourth-order valence-electron chi connectivity index (χ4n) is 2.80. The van der Waals surface area contributed by atoms with Crippen molar-refractivity contribution in [3.05, 3.63) is 41.3 Å². The minimum atomic E-state index is 0.00328. The van der Waals surface area contributed by atoms with Crippen molar-refractivity contribution >= 4 is 22.2 Å². The predicted molar refractivity (Wildman–Crippen MR) is 104 cm³/mol. The Balaban J connectivity index is 1.85. The van der Waals surface area contributed by atoms with Crippen molar-refractivity contribution in [2.45, 2.75) is 0 Å². The van der Waals surface area contributed by atoms with Crippen LogP contribution in [0.2, 0.25) is 0 Å². The van der Waals surface area contributed by atoms with Crippen LogP contribution in [-0.2, 0) is 4.74 Å². The van der Waals surface area contributed by atoms with Crippen LogP contribution in [0.1, 0.15) is 9.67 Å². The van der Waals surface area contributed by atoms with E-state index >= 15 is 0 Å². The summed E-state index contributed by atoms with van der Waals surface area (Å²) in [5.41, 5.74) is 2.28. The summed E-state index contributed by atoms with van der Waals surface area (Å²) in [5.74, 6) is 0.00328. The summed E-state index contributed by atoms with van der Waals surface area (Å²) < 4.78 is 5.48. The number of thiophene rings is 1. The lowest BCUT2D eigenvalue weighted by atomic mass is 10.1. The van der Waals surface area contributed by atoms with Crippen LogP contribution >= 0.6 is 11.3 Å².